The van der Waals surface area contributed by atoms with Crippen molar-refractivity contribution < 1.29 is 9.53 Å². The van der Waals surface area contributed by atoms with Gasteiger partial charge < -0.3 is 15.0 Å². The molecule has 0 amide bonds. The van der Waals surface area contributed by atoms with Gasteiger partial charge in [0.15, 0.2) is 11.0 Å². The van der Waals surface area contributed by atoms with E-state index in [1.807, 2.05) is 0 Å². The highest BCUT2D eigenvalue weighted by Crippen LogP contribution is 2.29. The molecule has 0 spiro atoms. The number of ether oxygens (including phenoxy) is 1. The summed E-state index contributed by atoms with van der Waals surface area (Å²) in [7, 11) is 1.32. The molecule has 2 bridgehead atoms. The summed E-state index contributed by atoms with van der Waals surface area (Å²) in [5.74, 6) is 0.201. The number of methoxy groups -OCH3 is 1. The molecular formula is C11H13ClN4O2. The first-order chi connectivity index (χ1) is 8.69. The number of aromatic nitrogens is 2. The van der Waals surface area contributed by atoms with Crippen molar-refractivity contribution in [1.29, 1.82) is 0 Å². The Bertz CT molecular complexity index is 496. The highest BCUT2D eigenvalue weighted by atomic mass is 35.5. The van der Waals surface area contributed by atoms with Gasteiger partial charge in [0.2, 0.25) is 0 Å². The summed E-state index contributed by atoms with van der Waals surface area (Å²) in [5, 5.41) is 11.4. The number of fused-ring (bicyclic) bond motifs is 2. The minimum atomic E-state index is -0.487. The Morgan fingerprint density at radius 2 is 2.44 bits per heavy atom. The van der Waals surface area contributed by atoms with E-state index in [1.165, 1.54) is 7.11 Å². The van der Waals surface area contributed by atoms with Crippen LogP contribution in [0.4, 0.5) is 5.82 Å². The monoisotopic (exact) mass is 268 g/mol. The molecule has 2 atom stereocenters. The van der Waals surface area contributed by atoms with Crippen LogP contribution in [-0.2, 0) is 4.74 Å². The maximum Gasteiger partial charge on any atom is 0.341 e. The molecule has 7 heteroatoms. The molecule has 0 aromatic carbocycles. The molecule has 96 valence electrons. The lowest BCUT2D eigenvalue weighted by Crippen LogP contribution is -2.44. The van der Waals surface area contributed by atoms with Gasteiger partial charge in [-0.05, 0) is 6.42 Å². The predicted octanol–water partition coefficient (Wildman–Crippen LogP) is 0.467. The van der Waals surface area contributed by atoms with Crippen molar-refractivity contribution in [3.63, 3.8) is 0 Å². The number of anilines is 1. The summed E-state index contributed by atoms with van der Waals surface area (Å²) in [6, 6.07) is 2.59. The van der Waals surface area contributed by atoms with Gasteiger partial charge in [-0.25, -0.2) is 4.79 Å². The van der Waals surface area contributed by atoms with Crippen LogP contribution in [0.2, 0.25) is 5.15 Å². The van der Waals surface area contributed by atoms with Crippen LogP contribution >= 0.6 is 11.6 Å². The summed E-state index contributed by atoms with van der Waals surface area (Å²) in [5.41, 5.74) is 0.264. The van der Waals surface area contributed by atoms with E-state index in [0.717, 1.165) is 19.5 Å². The predicted molar refractivity (Wildman–Crippen MR) is 65.9 cm³/mol. The molecule has 18 heavy (non-hydrogen) atoms. The largest absolute Gasteiger partial charge is 0.465 e. The molecule has 0 aliphatic carbocycles. The van der Waals surface area contributed by atoms with Gasteiger partial charge in [0.1, 0.15) is 5.56 Å². The zero-order valence-electron chi connectivity index (χ0n) is 9.89. The van der Waals surface area contributed by atoms with E-state index < -0.39 is 5.97 Å². The number of halogens is 1. The van der Waals surface area contributed by atoms with Crippen LogP contribution in [0.15, 0.2) is 6.07 Å². The Morgan fingerprint density at radius 1 is 1.61 bits per heavy atom. The summed E-state index contributed by atoms with van der Waals surface area (Å²) in [6.45, 7) is 1.84. The van der Waals surface area contributed by atoms with Crippen molar-refractivity contribution in [3.8, 4) is 0 Å². The Balaban J connectivity index is 1.91. The zero-order chi connectivity index (χ0) is 12.7. The van der Waals surface area contributed by atoms with E-state index in [-0.39, 0.29) is 10.7 Å². The first-order valence-corrected chi connectivity index (χ1v) is 6.18. The van der Waals surface area contributed by atoms with Gasteiger partial charge in [-0.3, -0.25) is 0 Å². The van der Waals surface area contributed by atoms with Gasteiger partial charge >= 0.3 is 5.97 Å². The Hall–Kier alpha value is -1.40. The third-order valence-electron chi connectivity index (χ3n) is 3.49. The standard InChI is InChI=1S/C11H13ClN4O2/c1-18-11(17)8-3-9(14-15-10(8)12)16-5-6-2-7(16)4-13-6/h3,6-7,13H,2,4-5H2,1H3/t6-,7-/m1/s1. The van der Waals surface area contributed by atoms with Crippen LogP contribution in [0, 0.1) is 0 Å². The fraction of sp³-hybridized carbons (Fsp3) is 0.545. The number of hydrogen-bond donors (Lipinski definition) is 1. The second-order valence-corrected chi connectivity index (χ2v) is 4.90. The number of carbonyl (C=O) groups excluding carboxylic acids is 1. The minimum absolute atomic E-state index is 0.0769. The number of piperazine rings is 1. The smallest absolute Gasteiger partial charge is 0.341 e. The lowest BCUT2D eigenvalue weighted by atomic mass is 10.2. The number of rotatable bonds is 2. The van der Waals surface area contributed by atoms with Crippen LogP contribution in [0.25, 0.3) is 0 Å². The lowest BCUT2D eigenvalue weighted by molar-refractivity contribution is 0.0600. The number of nitrogens with one attached hydrogen (secondary N) is 1. The maximum atomic E-state index is 11.6. The highest BCUT2D eigenvalue weighted by molar-refractivity contribution is 6.32. The quantitative estimate of drug-likeness (QED) is 0.787. The fourth-order valence-electron chi connectivity index (χ4n) is 2.60. The van der Waals surface area contributed by atoms with E-state index in [4.69, 9.17) is 11.6 Å². The van der Waals surface area contributed by atoms with E-state index >= 15 is 0 Å². The molecule has 2 fully saturated rings. The van der Waals surface area contributed by atoms with Gasteiger partial charge in [-0.2, -0.15) is 0 Å². The van der Waals surface area contributed by atoms with Gasteiger partial charge in [-0.15, -0.1) is 10.2 Å². The second kappa shape index (κ2) is 4.37. The first-order valence-electron chi connectivity index (χ1n) is 5.80. The highest BCUT2D eigenvalue weighted by Gasteiger charge is 2.38. The van der Waals surface area contributed by atoms with Crippen molar-refractivity contribution in [2.45, 2.75) is 18.5 Å². The van der Waals surface area contributed by atoms with E-state index in [1.54, 1.807) is 6.07 Å². The average Bonchev–Trinajstić information content (AvgIpc) is 3.00. The van der Waals surface area contributed by atoms with Crippen LogP contribution in [-0.4, -0.2) is 48.4 Å². The average molecular weight is 269 g/mol. The topological polar surface area (TPSA) is 67.3 Å². The number of esters is 1. The van der Waals surface area contributed by atoms with Crippen molar-refractivity contribution in [2.75, 3.05) is 25.1 Å². The Labute approximate surface area is 109 Å². The first kappa shape index (κ1) is 11.7. The molecule has 1 N–H and O–H groups in total. The van der Waals surface area contributed by atoms with Crippen molar-refractivity contribution in [2.24, 2.45) is 0 Å². The molecule has 6 nitrogen and oxygen atoms in total. The maximum absolute atomic E-state index is 11.6. The van der Waals surface area contributed by atoms with Gasteiger partial charge in [0.25, 0.3) is 0 Å². The fourth-order valence-corrected chi connectivity index (χ4v) is 2.77. The SMILES string of the molecule is COC(=O)c1cc(N2C[C@H]3C[C@@H]2CN3)nnc1Cl. The molecule has 0 radical (unpaired) electrons. The van der Waals surface area contributed by atoms with Crippen molar-refractivity contribution >= 4 is 23.4 Å². The minimum Gasteiger partial charge on any atom is -0.465 e. The molecule has 2 aliphatic rings. The van der Waals surface area contributed by atoms with Crippen molar-refractivity contribution in [1.82, 2.24) is 15.5 Å². The molecule has 1 aromatic heterocycles. The van der Waals surface area contributed by atoms with E-state index in [2.05, 4.69) is 25.2 Å². The number of hydrogen-bond acceptors (Lipinski definition) is 6. The van der Waals surface area contributed by atoms with Gasteiger partial charge in [0.05, 0.1) is 7.11 Å². The van der Waals surface area contributed by atoms with Crippen LogP contribution in [0.1, 0.15) is 16.8 Å². The van der Waals surface area contributed by atoms with Crippen LogP contribution in [0.5, 0.6) is 0 Å². The third kappa shape index (κ3) is 1.81. The molecule has 0 saturated carbocycles. The molecule has 3 rings (SSSR count). The number of nitrogens with zero attached hydrogens (tertiary/aromatic N) is 3. The molecule has 2 aliphatic heterocycles. The normalized spacial score (nSPS) is 25.6. The summed E-state index contributed by atoms with van der Waals surface area (Å²) in [6.07, 6.45) is 1.11. The van der Waals surface area contributed by atoms with Crippen molar-refractivity contribution in [3.05, 3.63) is 16.8 Å². The van der Waals surface area contributed by atoms with Gasteiger partial charge in [-0.1, -0.05) is 11.6 Å². The Kier molecular flexibility index (Phi) is 2.83. The number of carbonyl (C=O) groups is 1. The second-order valence-electron chi connectivity index (χ2n) is 4.55. The van der Waals surface area contributed by atoms with E-state index in [0.29, 0.717) is 17.9 Å². The van der Waals surface area contributed by atoms with Crippen LogP contribution < -0.4 is 10.2 Å². The molecule has 0 unspecified atom stereocenters. The molecular weight excluding hydrogens is 256 g/mol. The van der Waals surface area contributed by atoms with Gasteiger partial charge in [0, 0.05) is 31.2 Å². The molecule has 1 aromatic rings. The third-order valence-corrected chi connectivity index (χ3v) is 3.77. The molecule has 2 saturated heterocycles. The summed E-state index contributed by atoms with van der Waals surface area (Å²) in [4.78, 5) is 13.7. The summed E-state index contributed by atoms with van der Waals surface area (Å²) >= 11 is 5.85. The zero-order valence-corrected chi connectivity index (χ0v) is 10.6. The lowest BCUT2D eigenvalue weighted by Gasteiger charge is -2.28. The summed E-state index contributed by atoms with van der Waals surface area (Å²) < 4.78 is 4.67. The van der Waals surface area contributed by atoms with Crippen LogP contribution in [0.3, 0.4) is 0 Å². The Morgan fingerprint density at radius 3 is 3.06 bits per heavy atom. The van der Waals surface area contributed by atoms with E-state index in [9.17, 15) is 4.79 Å². The molecule has 3 heterocycles.